The van der Waals surface area contributed by atoms with Gasteiger partial charge in [-0.1, -0.05) is 29.3 Å². The predicted molar refractivity (Wildman–Crippen MR) is 81.1 cm³/mol. The molecule has 0 bridgehead atoms. The lowest BCUT2D eigenvalue weighted by atomic mass is 10.1. The van der Waals surface area contributed by atoms with Crippen LogP contribution in [0.5, 0.6) is 0 Å². The molecule has 1 unspecified atom stereocenters. The molecule has 0 spiro atoms. The molecule has 1 atom stereocenters. The molecule has 6 heteroatoms. The van der Waals surface area contributed by atoms with Crippen LogP contribution in [0.3, 0.4) is 0 Å². The highest BCUT2D eigenvalue weighted by molar-refractivity contribution is 14.1. The van der Waals surface area contributed by atoms with Crippen molar-refractivity contribution in [2.24, 2.45) is 0 Å². The van der Waals surface area contributed by atoms with Crippen molar-refractivity contribution in [3.05, 3.63) is 49.3 Å². The summed E-state index contributed by atoms with van der Waals surface area (Å²) in [6.45, 7) is 2.59. The van der Waals surface area contributed by atoms with Gasteiger partial charge < -0.3 is 5.11 Å². The summed E-state index contributed by atoms with van der Waals surface area (Å²) in [5.74, 6) is 0. The number of aliphatic hydroxyl groups excluding tert-OH is 1. The van der Waals surface area contributed by atoms with E-state index in [-0.39, 0.29) is 0 Å². The van der Waals surface area contributed by atoms with Crippen molar-refractivity contribution in [2.75, 3.05) is 0 Å². The lowest BCUT2D eigenvalue weighted by Gasteiger charge is -2.14. The van der Waals surface area contributed by atoms with E-state index in [9.17, 15) is 5.11 Å². The van der Waals surface area contributed by atoms with E-state index in [0.717, 1.165) is 3.57 Å². The number of nitrogens with zero attached hydrogens (tertiary/aromatic N) is 2. The summed E-state index contributed by atoms with van der Waals surface area (Å²) in [6, 6.07) is 5.45. The molecule has 3 nitrogen and oxygen atoms in total. The van der Waals surface area contributed by atoms with Crippen LogP contribution in [0.4, 0.5) is 0 Å². The third-order valence-electron chi connectivity index (χ3n) is 2.65. The minimum absolute atomic E-state index is 0.457. The zero-order valence-corrected chi connectivity index (χ0v) is 13.2. The van der Waals surface area contributed by atoms with Crippen LogP contribution in [0.1, 0.15) is 24.3 Å². The van der Waals surface area contributed by atoms with Gasteiger partial charge in [0, 0.05) is 10.1 Å². The minimum atomic E-state index is -0.825. The number of hydrogen-bond acceptors (Lipinski definition) is 2. The Labute approximate surface area is 129 Å². The van der Waals surface area contributed by atoms with E-state index in [1.54, 1.807) is 10.7 Å². The summed E-state index contributed by atoms with van der Waals surface area (Å²) < 4.78 is 2.62. The second kappa shape index (κ2) is 5.77. The van der Waals surface area contributed by atoms with Gasteiger partial charge in [0.1, 0.15) is 6.10 Å². The molecule has 0 aliphatic carbocycles. The largest absolute Gasteiger partial charge is 0.382 e. The summed E-state index contributed by atoms with van der Waals surface area (Å²) in [7, 11) is 0. The van der Waals surface area contributed by atoms with E-state index >= 15 is 0 Å². The summed E-state index contributed by atoms with van der Waals surface area (Å²) in [5.41, 5.74) is 1.30. The standard InChI is InChI=1S/C12H11Cl2IN2O/c1-2-17-11(9(14)6-16-17)12(18)7-3-4-10(15)8(13)5-7/h3-6,12,18H,2H2,1H3. The van der Waals surface area contributed by atoms with Crippen LogP contribution in [-0.2, 0) is 6.54 Å². The van der Waals surface area contributed by atoms with Crippen molar-refractivity contribution in [1.29, 1.82) is 0 Å². The van der Waals surface area contributed by atoms with Crippen LogP contribution in [0.25, 0.3) is 0 Å². The number of aromatic nitrogens is 2. The number of hydrogen-bond donors (Lipinski definition) is 1. The van der Waals surface area contributed by atoms with Gasteiger partial charge in [-0.05, 0) is 47.2 Å². The molecule has 1 N–H and O–H groups in total. The summed E-state index contributed by atoms with van der Waals surface area (Å²) in [6.07, 6.45) is 0.715. The topological polar surface area (TPSA) is 38.0 Å². The van der Waals surface area contributed by atoms with Gasteiger partial charge in [-0.3, -0.25) is 4.68 Å². The Balaban J connectivity index is 2.44. The van der Waals surface area contributed by atoms with Gasteiger partial charge >= 0.3 is 0 Å². The number of halogens is 3. The van der Waals surface area contributed by atoms with E-state index in [2.05, 4.69) is 27.7 Å². The Morgan fingerprint density at radius 3 is 2.72 bits per heavy atom. The van der Waals surface area contributed by atoms with Crippen LogP contribution < -0.4 is 0 Å². The molecule has 1 aromatic carbocycles. The molecule has 0 amide bonds. The molecule has 0 saturated heterocycles. The zero-order chi connectivity index (χ0) is 13.3. The van der Waals surface area contributed by atoms with Crippen LogP contribution >= 0.6 is 45.8 Å². The normalized spacial score (nSPS) is 12.7. The van der Waals surface area contributed by atoms with Crippen molar-refractivity contribution < 1.29 is 5.11 Å². The molecule has 0 fully saturated rings. The highest BCUT2D eigenvalue weighted by Crippen LogP contribution is 2.30. The zero-order valence-electron chi connectivity index (χ0n) is 9.57. The quantitative estimate of drug-likeness (QED) is 0.799. The van der Waals surface area contributed by atoms with Gasteiger partial charge in [0.05, 0.1) is 21.9 Å². The second-order valence-corrected chi connectivity index (χ2v) is 5.75. The number of aryl methyl sites for hydroxylation is 1. The predicted octanol–water partition coefficient (Wildman–Crippen LogP) is 3.90. The molecule has 0 saturated carbocycles. The highest BCUT2D eigenvalue weighted by atomic mass is 127. The SMILES string of the molecule is CCn1ncc(Cl)c1C(O)c1ccc(I)c(Cl)c1. The van der Waals surface area contributed by atoms with Crippen LogP contribution in [0.2, 0.25) is 10.0 Å². The van der Waals surface area contributed by atoms with Gasteiger partial charge in [0.2, 0.25) is 0 Å². The Morgan fingerprint density at radius 2 is 2.11 bits per heavy atom. The van der Waals surface area contributed by atoms with Crippen molar-refractivity contribution in [3.63, 3.8) is 0 Å². The van der Waals surface area contributed by atoms with E-state index in [1.807, 2.05) is 19.1 Å². The molecule has 0 aliphatic rings. The molecular weight excluding hydrogens is 386 g/mol. The molecule has 96 valence electrons. The first kappa shape index (κ1) is 14.1. The molecular formula is C12H11Cl2IN2O. The maximum absolute atomic E-state index is 10.4. The Hall–Kier alpha value is -0.300. The van der Waals surface area contributed by atoms with Gasteiger partial charge in [0.25, 0.3) is 0 Å². The monoisotopic (exact) mass is 396 g/mol. The molecule has 0 radical (unpaired) electrons. The van der Waals surface area contributed by atoms with Gasteiger partial charge in [-0.2, -0.15) is 5.10 Å². The lowest BCUT2D eigenvalue weighted by Crippen LogP contribution is -2.09. The highest BCUT2D eigenvalue weighted by Gasteiger charge is 2.19. The Morgan fingerprint density at radius 1 is 1.39 bits per heavy atom. The summed E-state index contributed by atoms with van der Waals surface area (Å²) >= 11 is 14.3. The van der Waals surface area contributed by atoms with Crippen LogP contribution in [0.15, 0.2) is 24.4 Å². The van der Waals surface area contributed by atoms with E-state index < -0.39 is 6.10 Å². The molecule has 0 aliphatic heterocycles. The third kappa shape index (κ3) is 2.66. The molecule has 18 heavy (non-hydrogen) atoms. The molecule has 1 aromatic heterocycles. The van der Waals surface area contributed by atoms with Gasteiger partial charge in [-0.25, -0.2) is 0 Å². The average molecular weight is 397 g/mol. The van der Waals surface area contributed by atoms with Gasteiger partial charge in [-0.15, -0.1) is 0 Å². The van der Waals surface area contributed by atoms with E-state index in [4.69, 9.17) is 23.2 Å². The Bertz CT molecular complexity index is 571. The van der Waals surface area contributed by atoms with Crippen molar-refractivity contribution in [1.82, 2.24) is 9.78 Å². The van der Waals surface area contributed by atoms with E-state index in [1.165, 1.54) is 6.20 Å². The first-order valence-corrected chi connectivity index (χ1v) is 7.22. The molecule has 2 rings (SSSR count). The maximum atomic E-state index is 10.4. The summed E-state index contributed by atoms with van der Waals surface area (Å²) in [5, 5.41) is 15.6. The first-order valence-electron chi connectivity index (χ1n) is 5.38. The van der Waals surface area contributed by atoms with Crippen molar-refractivity contribution >= 4 is 45.8 Å². The van der Waals surface area contributed by atoms with Crippen LogP contribution in [-0.4, -0.2) is 14.9 Å². The van der Waals surface area contributed by atoms with E-state index in [0.29, 0.717) is 27.8 Å². The minimum Gasteiger partial charge on any atom is -0.382 e. The van der Waals surface area contributed by atoms with Crippen LogP contribution in [0, 0.1) is 3.57 Å². The summed E-state index contributed by atoms with van der Waals surface area (Å²) in [4.78, 5) is 0. The maximum Gasteiger partial charge on any atom is 0.122 e. The smallest absolute Gasteiger partial charge is 0.122 e. The van der Waals surface area contributed by atoms with Crippen molar-refractivity contribution in [2.45, 2.75) is 19.6 Å². The van der Waals surface area contributed by atoms with Gasteiger partial charge in [0.15, 0.2) is 0 Å². The van der Waals surface area contributed by atoms with Crippen molar-refractivity contribution in [3.8, 4) is 0 Å². The second-order valence-electron chi connectivity index (χ2n) is 3.77. The fourth-order valence-electron chi connectivity index (χ4n) is 1.74. The number of benzene rings is 1. The Kier molecular flexibility index (Phi) is 4.53. The lowest BCUT2D eigenvalue weighted by molar-refractivity contribution is 0.208. The number of aliphatic hydroxyl groups is 1. The first-order chi connectivity index (χ1) is 8.54. The fraction of sp³-hybridized carbons (Fsp3) is 0.250. The third-order valence-corrected chi connectivity index (χ3v) is 4.51. The number of rotatable bonds is 3. The average Bonchev–Trinajstić information content (AvgIpc) is 2.73. The molecule has 2 aromatic rings. The molecule has 1 heterocycles. The fourth-order valence-corrected chi connectivity index (χ4v) is 2.51.